The molecule has 0 saturated carbocycles. The summed E-state index contributed by atoms with van der Waals surface area (Å²) in [6.45, 7) is 9.12. The summed E-state index contributed by atoms with van der Waals surface area (Å²) < 4.78 is 14.1. The smallest absolute Gasteiger partial charge is 0.308 e. The van der Waals surface area contributed by atoms with Gasteiger partial charge < -0.3 is 5.11 Å². The van der Waals surface area contributed by atoms with Crippen LogP contribution in [-0.2, 0) is 4.79 Å². The lowest BCUT2D eigenvalue weighted by Gasteiger charge is -2.31. The van der Waals surface area contributed by atoms with Crippen molar-refractivity contribution < 1.29 is 14.3 Å². The molecule has 2 atom stereocenters. The van der Waals surface area contributed by atoms with Crippen molar-refractivity contribution in [1.82, 2.24) is 4.90 Å². The van der Waals surface area contributed by atoms with Crippen LogP contribution in [0.15, 0.2) is 18.2 Å². The molecular formula is C16H22FNO2. The van der Waals surface area contributed by atoms with Crippen LogP contribution >= 0.6 is 0 Å². The molecule has 1 aromatic rings. The zero-order chi connectivity index (χ0) is 15.1. The summed E-state index contributed by atoms with van der Waals surface area (Å²) in [5.41, 5.74) is 1.38. The lowest BCUT2D eigenvalue weighted by atomic mass is 9.88. The first-order valence-electron chi connectivity index (χ1n) is 6.94. The van der Waals surface area contributed by atoms with Gasteiger partial charge >= 0.3 is 5.97 Å². The van der Waals surface area contributed by atoms with Crippen molar-refractivity contribution >= 4 is 5.97 Å². The Bertz CT molecular complexity index is 522. The van der Waals surface area contributed by atoms with Crippen molar-refractivity contribution in [2.45, 2.75) is 39.2 Å². The minimum absolute atomic E-state index is 0.108. The van der Waals surface area contributed by atoms with Crippen LogP contribution in [0.3, 0.4) is 0 Å². The molecule has 20 heavy (non-hydrogen) atoms. The Morgan fingerprint density at radius 2 is 2.00 bits per heavy atom. The van der Waals surface area contributed by atoms with Crippen LogP contribution in [0, 0.1) is 18.7 Å². The van der Waals surface area contributed by atoms with Crippen molar-refractivity contribution in [3.05, 3.63) is 35.1 Å². The van der Waals surface area contributed by atoms with E-state index in [0.29, 0.717) is 18.7 Å². The molecule has 110 valence electrons. The van der Waals surface area contributed by atoms with Gasteiger partial charge in [-0.1, -0.05) is 17.7 Å². The number of aryl methyl sites for hydroxylation is 1. The van der Waals surface area contributed by atoms with Crippen LogP contribution in [0.1, 0.15) is 37.8 Å². The quantitative estimate of drug-likeness (QED) is 0.904. The van der Waals surface area contributed by atoms with Gasteiger partial charge in [0.1, 0.15) is 5.82 Å². The highest BCUT2D eigenvalue weighted by Gasteiger charge is 2.42. The average Bonchev–Trinajstić information content (AvgIpc) is 2.77. The molecule has 1 N–H and O–H groups in total. The van der Waals surface area contributed by atoms with Gasteiger partial charge in [-0.2, -0.15) is 0 Å². The van der Waals surface area contributed by atoms with E-state index >= 15 is 0 Å². The van der Waals surface area contributed by atoms with Gasteiger partial charge in [0.2, 0.25) is 0 Å². The molecule has 0 aromatic heterocycles. The topological polar surface area (TPSA) is 40.5 Å². The number of hydrogen-bond acceptors (Lipinski definition) is 2. The third-order valence-electron chi connectivity index (χ3n) is 4.14. The fourth-order valence-corrected chi connectivity index (χ4v) is 2.86. The monoisotopic (exact) mass is 279 g/mol. The molecule has 0 radical (unpaired) electrons. The summed E-state index contributed by atoms with van der Waals surface area (Å²) in [5, 5.41) is 9.44. The highest BCUT2D eigenvalue weighted by Crippen LogP contribution is 2.37. The summed E-state index contributed by atoms with van der Waals surface area (Å²) in [6, 6.07) is 4.93. The van der Waals surface area contributed by atoms with Crippen molar-refractivity contribution in [3.8, 4) is 0 Å². The molecular weight excluding hydrogens is 257 g/mol. The van der Waals surface area contributed by atoms with Gasteiger partial charge in [0, 0.05) is 24.5 Å². The molecule has 1 aliphatic rings. The fraction of sp³-hybridized carbons (Fsp3) is 0.562. The van der Waals surface area contributed by atoms with Crippen molar-refractivity contribution in [1.29, 1.82) is 0 Å². The van der Waals surface area contributed by atoms with Crippen molar-refractivity contribution in [2.24, 2.45) is 5.92 Å². The minimum atomic E-state index is -0.845. The third kappa shape index (κ3) is 2.85. The van der Waals surface area contributed by atoms with Crippen LogP contribution in [0.5, 0.6) is 0 Å². The Kier molecular flexibility index (Phi) is 3.87. The van der Waals surface area contributed by atoms with Gasteiger partial charge in [-0.05, 0) is 39.3 Å². The predicted octanol–water partition coefficient (Wildman–Crippen LogP) is 3.03. The van der Waals surface area contributed by atoms with E-state index in [1.807, 2.05) is 6.92 Å². The Balaban J connectivity index is 2.38. The van der Waals surface area contributed by atoms with Crippen LogP contribution in [0.2, 0.25) is 0 Å². The average molecular weight is 279 g/mol. The first-order chi connectivity index (χ1) is 9.20. The standard InChI is InChI=1S/C16H22FNO2/c1-10-5-6-14(17)11(7-10)12-8-18(16(2,3)4)9-13(12)15(19)20/h5-7,12-13H,8-9H2,1-4H3,(H,19,20)/t12-,13+/m1/s1. The van der Waals surface area contributed by atoms with Gasteiger partial charge in [-0.15, -0.1) is 0 Å². The van der Waals surface area contributed by atoms with Crippen LogP contribution < -0.4 is 0 Å². The molecule has 3 nitrogen and oxygen atoms in total. The predicted molar refractivity (Wildman–Crippen MR) is 76.3 cm³/mol. The third-order valence-corrected chi connectivity index (χ3v) is 4.14. The van der Waals surface area contributed by atoms with Crippen LogP contribution in [0.25, 0.3) is 0 Å². The second-order valence-corrected chi connectivity index (χ2v) is 6.65. The zero-order valence-electron chi connectivity index (χ0n) is 12.5. The first-order valence-corrected chi connectivity index (χ1v) is 6.94. The second-order valence-electron chi connectivity index (χ2n) is 6.65. The molecule has 0 bridgehead atoms. The van der Waals surface area contributed by atoms with E-state index in [2.05, 4.69) is 25.7 Å². The molecule has 0 spiro atoms. The summed E-state index contributed by atoms with van der Waals surface area (Å²) in [7, 11) is 0. The Morgan fingerprint density at radius 1 is 1.35 bits per heavy atom. The molecule has 2 rings (SSSR count). The van der Waals surface area contributed by atoms with Crippen LogP contribution in [0.4, 0.5) is 4.39 Å². The number of likely N-dealkylation sites (tertiary alicyclic amines) is 1. The molecule has 1 fully saturated rings. The molecule has 1 aliphatic heterocycles. The molecule has 1 aromatic carbocycles. The van der Waals surface area contributed by atoms with E-state index in [1.54, 1.807) is 12.1 Å². The molecule has 0 unspecified atom stereocenters. The zero-order valence-corrected chi connectivity index (χ0v) is 12.5. The van der Waals surface area contributed by atoms with E-state index in [1.165, 1.54) is 6.07 Å². The summed E-state index contributed by atoms with van der Waals surface area (Å²) in [4.78, 5) is 13.6. The molecule has 0 aliphatic carbocycles. The summed E-state index contributed by atoms with van der Waals surface area (Å²) in [6.07, 6.45) is 0. The molecule has 0 amide bonds. The van der Waals surface area contributed by atoms with E-state index in [-0.39, 0.29) is 17.3 Å². The van der Waals surface area contributed by atoms with Gasteiger partial charge in [-0.3, -0.25) is 9.69 Å². The number of aliphatic carboxylic acids is 1. The Morgan fingerprint density at radius 3 is 2.55 bits per heavy atom. The number of halogens is 1. The molecule has 1 saturated heterocycles. The van der Waals surface area contributed by atoms with Crippen LogP contribution in [-0.4, -0.2) is 34.6 Å². The van der Waals surface area contributed by atoms with E-state index in [9.17, 15) is 14.3 Å². The number of hydrogen-bond donors (Lipinski definition) is 1. The second kappa shape index (κ2) is 5.17. The number of benzene rings is 1. The highest BCUT2D eigenvalue weighted by atomic mass is 19.1. The SMILES string of the molecule is Cc1ccc(F)c([C@H]2CN(C(C)(C)C)C[C@@H]2C(=O)O)c1. The number of nitrogens with zero attached hydrogens (tertiary/aromatic N) is 1. The molecule has 4 heteroatoms. The maximum atomic E-state index is 14.1. The lowest BCUT2D eigenvalue weighted by molar-refractivity contribution is -0.141. The number of carboxylic acid groups (broad SMARTS) is 1. The maximum absolute atomic E-state index is 14.1. The normalized spacial score (nSPS) is 24.1. The fourth-order valence-electron chi connectivity index (χ4n) is 2.86. The maximum Gasteiger partial charge on any atom is 0.308 e. The van der Waals surface area contributed by atoms with Crippen molar-refractivity contribution in [2.75, 3.05) is 13.1 Å². The van der Waals surface area contributed by atoms with Gasteiger partial charge in [-0.25, -0.2) is 4.39 Å². The van der Waals surface area contributed by atoms with Crippen molar-refractivity contribution in [3.63, 3.8) is 0 Å². The Hall–Kier alpha value is -1.42. The van der Waals surface area contributed by atoms with Gasteiger partial charge in [0.15, 0.2) is 0 Å². The van der Waals surface area contributed by atoms with E-state index < -0.39 is 11.9 Å². The van der Waals surface area contributed by atoms with Gasteiger partial charge in [0.25, 0.3) is 0 Å². The minimum Gasteiger partial charge on any atom is -0.481 e. The molecule has 1 heterocycles. The largest absolute Gasteiger partial charge is 0.481 e. The summed E-state index contributed by atoms with van der Waals surface area (Å²) in [5.74, 6) is -1.98. The Labute approximate surface area is 119 Å². The number of carbonyl (C=O) groups is 1. The lowest BCUT2D eigenvalue weighted by Crippen LogP contribution is -2.40. The van der Waals surface area contributed by atoms with Gasteiger partial charge in [0.05, 0.1) is 5.92 Å². The highest BCUT2D eigenvalue weighted by molar-refractivity contribution is 5.72. The van der Waals surface area contributed by atoms with E-state index in [0.717, 1.165) is 5.56 Å². The van der Waals surface area contributed by atoms with E-state index in [4.69, 9.17) is 0 Å². The summed E-state index contributed by atoms with van der Waals surface area (Å²) >= 11 is 0. The number of rotatable bonds is 2. The first kappa shape index (κ1) is 15.0. The number of carboxylic acids is 1.